The van der Waals surface area contributed by atoms with Crippen molar-refractivity contribution < 1.29 is 4.79 Å². The van der Waals surface area contributed by atoms with E-state index >= 15 is 0 Å². The molecular formula is C26H31N5O. The van der Waals surface area contributed by atoms with Gasteiger partial charge in [-0.15, -0.1) is 0 Å². The number of benzene rings is 1. The number of carbonyl (C=O) groups is 1. The summed E-state index contributed by atoms with van der Waals surface area (Å²) in [4.78, 5) is 19.5. The predicted octanol–water partition coefficient (Wildman–Crippen LogP) is 3.09. The molecule has 1 aliphatic carbocycles. The van der Waals surface area contributed by atoms with Crippen LogP contribution in [0.1, 0.15) is 51.3 Å². The summed E-state index contributed by atoms with van der Waals surface area (Å²) < 4.78 is 1.93. The van der Waals surface area contributed by atoms with Gasteiger partial charge in [-0.05, 0) is 73.9 Å². The topological polar surface area (TPSA) is 63.1 Å². The highest BCUT2D eigenvalue weighted by atomic mass is 16.2. The van der Waals surface area contributed by atoms with E-state index in [9.17, 15) is 4.79 Å². The summed E-state index contributed by atoms with van der Waals surface area (Å²) in [7, 11) is 1.98. The minimum atomic E-state index is 0.0784. The van der Waals surface area contributed by atoms with E-state index in [4.69, 9.17) is 0 Å². The molecule has 1 amide bonds. The molecule has 1 aromatic carbocycles. The molecule has 2 aromatic heterocycles. The second kappa shape index (κ2) is 9.25. The van der Waals surface area contributed by atoms with Crippen molar-refractivity contribution in [3.8, 4) is 0 Å². The fraction of sp³-hybridized carbons (Fsp3) is 0.423. The largest absolute Gasteiger partial charge is 0.333 e. The van der Waals surface area contributed by atoms with Crippen LogP contribution in [0.15, 0.2) is 48.8 Å². The molecule has 0 fully saturated rings. The second-order valence-corrected chi connectivity index (χ2v) is 9.00. The molecule has 5 rings (SSSR count). The Balaban J connectivity index is 1.23. The van der Waals surface area contributed by atoms with E-state index < -0.39 is 0 Å². The van der Waals surface area contributed by atoms with Crippen molar-refractivity contribution in [1.82, 2.24) is 25.0 Å². The lowest BCUT2D eigenvalue weighted by Crippen LogP contribution is -2.38. The van der Waals surface area contributed by atoms with Gasteiger partial charge in [-0.3, -0.25) is 14.5 Å². The zero-order chi connectivity index (χ0) is 21.9. The van der Waals surface area contributed by atoms with Gasteiger partial charge in [0.2, 0.25) is 0 Å². The fourth-order valence-corrected chi connectivity index (χ4v) is 5.10. The van der Waals surface area contributed by atoms with Gasteiger partial charge in [0.05, 0.1) is 0 Å². The molecule has 2 aliphatic rings. The summed E-state index contributed by atoms with van der Waals surface area (Å²) in [5, 5.41) is 8.41. The number of nitrogens with zero attached hydrogens (tertiary/aromatic N) is 4. The fourth-order valence-electron chi connectivity index (χ4n) is 5.10. The van der Waals surface area contributed by atoms with Crippen LogP contribution in [0.4, 0.5) is 0 Å². The quantitative estimate of drug-likeness (QED) is 0.612. The molecule has 0 radical (unpaired) electrons. The van der Waals surface area contributed by atoms with Gasteiger partial charge >= 0.3 is 0 Å². The molecule has 6 heteroatoms. The first kappa shape index (κ1) is 20.9. The number of aromatic nitrogens is 3. The molecule has 32 heavy (non-hydrogen) atoms. The SMILES string of the molecule is Cn1nc(C(=O)N2CCc3ccccc3C2)c2c1CC[C@H](NCCCc1ccncc1)C2. The van der Waals surface area contributed by atoms with Crippen LogP contribution in [0.5, 0.6) is 0 Å². The van der Waals surface area contributed by atoms with Gasteiger partial charge in [0.1, 0.15) is 0 Å². The van der Waals surface area contributed by atoms with Crippen LogP contribution in [0.25, 0.3) is 0 Å². The van der Waals surface area contributed by atoms with Crippen molar-refractivity contribution in [1.29, 1.82) is 0 Å². The highest BCUT2D eigenvalue weighted by molar-refractivity contribution is 5.94. The van der Waals surface area contributed by atoms with Crippen molar-refractivity contribution >= 4 is 5.91 Å². The van der Waals surface area contributed by atoms with Crippen LogP contribution in [0.2, 0.25) is 0 Å². The molecule has 3 aromatic rings. The monoisotopic (exact) mass is 429 g/mol. The molecule has 0 spiro atoms. The zero-order valence-corrected chi connectivity index (χ0v) is 18.8. The summed E-state index contributed by atoms with van der Waals surface area (Å²) in [5.74, 6) is 0.0784. The number of nitrogens with one attached hydrogen (secondary N) is 1. The smallest absolute Gasteiger partial charge is 0.274 e. The third kappa shape index (κ3) is 4.32. The highest BCUT2D eigenvalue weighted by Crippen LogP contribution is 2.27. The van der Waals surface area contributed by atoms with Crippen LogP contribution in [0.3, 0.4) is 0 Å². The lowest BCUT2D eigenvalue weighted by molar-refractivity contribution is 0.0726. The van der Waals surface area contributed by atoms with Gasteiger partial charge in [-0.1, -0.05) is 24.3 Å². The lowest BCUT2D eigenvalue weighted by Gasteiger charge is -2.29. The van der Waals surface area contributed by atoms with Crippen molar-refractivity contribution in [3.63, 3.8) is 0 Å². The van der Waals surface area contributed by atoms with Gasteiger partial charge in [-0.25, -0.2) is 0 Å². The van der Waals surface area contributed by atoms with E-state index in [1.807, 2.05) is 29.0 Å². The van der Waals surface area contributed by atoms with E-state index in [1.54, 1.807) is 0 Å². The Bertz CT molecular complexity index is 1090. The van der Waals surface area contributed by atoms with Gasteiger partial charge in [0, 0.05) is 49.8 Å². The molecule has 1 atom stereocenters. The number of rotatable bonds is 6. The van der Waals surface area contributed by atoms with Crippen molar-refractivity contribution in [2.75, 3.05) is 13.1 Å². The Hall–Kier alpha value is -2.99. The number of aryl methyl sites for hydroxylation is 2. The molecule has 1 aliphatic heterocycles. The maximum Gasteiger partial charge on any atom is 0.274 e. The van der Waals surface area contributed by atoms with Gasteiger partial charge in [-0.2, -0.15) is 5.10 Å². The van der Waals surface area contributed by atoms with Crippen molar-refractivity contribution in [2.45, 2.75) is 51.1 Å². The predicted molar refractivity (Wildman–Crippen MR) is 124 cm³/mol. The number of amides is 1. The standard InChI is InChI=1S/C26H31N5O/c1-30-24-9-8-22(28-13-4-5-19-10-14-27-15-11-19)17-23(24)25(29-30)26(32)31-16-12-20-6-2-3-7-21(20)18-31/h2-3,6-7,10-11,14-15,22,28H,4-5,8-9,12-13,16-18H2,1H3/t22-/m0/s1. The number of carbonyl (C=O) groups excluding carboxylic acids is 1. The van der Waals surface area contributed by atoms with Gasteiger partial charge in [0.25, 0.3) is 5.91 Å². The van der Waals surface area contributed by atoms with Crippen molar-refractivity contribution in [2.24, 2.45) is 7.05 Å². The number of hydrogen-bond acceptors (Lipinski definition) is 4. The van der Waals surface area contributed by atoms with Crippen LogP contribution >= 0.6 is 0 Å². The Kier molecular flexibility index (Phi) is 6.04. The van der Waals surface area contributed by atoms with Crippen LogP contribution in [0, 0.1) is 0 Å². The van der Waals surface area contributed by atoms with E-state index in [0.29, 0.717) is 18.3 Å². The summed E-state index contributed by atoms with van der Waals surface area (Å²) in [6.45, 7) is 2.42. The Morgan fingerprint density at radius 3 is 2.78 bits per heavy atom. The third-order valence-corrected chi connectivity index (χ3v) is 6.90. The second-order valence-electron chi connectivity index (χ2n) is 9.00. The molecule has 6 nitrogen and oxygen atoms in total. The minimum absolute atomic E-state index is 0.0784. The molecule has 0 saturated heterocycles. The Morgan fingerprint density at radius 1 is 1.12 bits per heavy atom. The maximum absolute atomic E-state index is 13.4. The first-order chi connectivity index (χ1) is 15.7. The highest BCUT2D eigenvalue weighted by Gasteiger charge is 2.31. The Labute approximate surface area is 189 Å². The summed E-state index contributed by atoms with van der Waals surface area (Å²) in [6, 6.07) is 13.0. The summed E-state index contributed by atoms with van der Waals surface area (Å²) in [5.41, 5.74) is 6.97. The maximum atomic E-state index is 13.4. The van der Waals surface area contributed by atoms with E-state index in [2.05, 4.69) is 51.8 Å². The third-order valence-electron chi connectivity index (χ3n) is 6.90. The average Bonchev–Trinajstić information content (AvgIpc) is 3.17. The van der Waals surface area contributed by atoms with Gasteiger partial charge < -0.3 is 10.2 Å². The van der Waals surface area contributed by atoms with Crippen LogP contribution < -0.4 is 5.32 Å². The first-order valence-electron chi connectivity index (χ1n) is 11.7. The molecule has 0 unspecified atom stereocenters. The molecular weight excluding hydrogens is 398 g/mol. The van der Waals surface area contributed by atoms with E-state index in [-0.39, 0.29) is 5.91 Å². The number of hydrogen-bond donors (Lipinski definition) is 1. The first-order valence-corrected chi connectivity index (χ1v) is 11.7. The van der Waals surface area contributed by atoms with E-state index in [0.717, 1.165) is 57.2 Å². The normalized spacial score (nSPS) is 17.7. The van der Waals surface area contributed by atoms with Crippen LogP contribution in [-0.4, -0.2) is 44.7 Å². The number of pyridine rings is 1. The molecule has 166 valence electrons. The Morgan fingerprint density at radius 2 is 1.94 bits per heavy atom. The minimum Gasteiger partial charge on any atom is -0.333 e. The zero-order valence-electron chi connectivity index (χ0n) is 18.8. The summed E-state index contributed by atoms with van der Waals surface area (Å²) in [6.07, 6.45) is 9.71. The molecule has 0 bridgehead atoms. The van der Waals surface area contributed by atoms with E-state index in [1.165, 1.54) is 22.4 Å². The molecule has 3 heterocycles. The lowest BCUT2D eigenvalue weighted by atomic mass is 9.90. The van der Waals surface area contributed by atoms with Gasteiger partial charge in [0.15, 0.2) is 5.69 Å². The average molecular weight is 430 g/mol. The number of fused-ring (bicyclic) bond motifs is 2. The molecule has 0 saturated carbocycles. The van der Waals surface area contributed by atoms with Crippen molar-refractivity contribution in [3.05, 3.63) is 82.4 Å². The molecule has 1 N–H and O–H groups in total. The van der Waals surface area contributed by atoms with Crippen LogP contribution in [-0.2, 0) is 39.3 Å². The summed E-state index contributed by atoms with van der Waals surface area (Å²) >= 11 is 0.